The lowest BCUT2D eigenvalue weighted by molar-refractivity contribution is 0.477. The lowest BCUT2D eigenvalue weighted by atomic mass is 10.0. The normalized spacial score (nSPS) is 12.8. The fraction of sp³-hybridized carbons (Fsp3) is 0.571. The van der Waals surface area contributed by atoms with E-state index < -0.39 is 11.6 Å². The van der Waals surface area contributed by atoms with Gasteiger partial charge in [0.2, 0.25) is 0 Å². The van der Waals surface area contributed by atoms with Crippen LogP contribution in [-0.4, -0.2) is 12.6 Å². The third-order valence-corrected chi connectivity index (χ3v) is 2.94. The second kappa shape index (κ2) is 6.70. The van der Waals surface area contributed by atoms with Crippen LogP contribution >= 0.6 is 0 Å². The molecule has 0 bridgehead atoms. The molecule has 1 unspecified atom stereocenters. The molecule has 0 aliphatic heterocycles. The number of rotatable bonds is 6. The molecule has 0 amide bonds. The van der Waals surface area contributed by atoms with Crippen LogP contribution in [0.25, 0.3) is 0 Å². The van der Waals surface area contributed by atoms with Gasteiger partial charge in [0, 0.05) is 6.04 Å². The largest absolute Gasteiger partial charge is 0.314 e. The molecule has 0 saturated carbocycles. The topological polar surface area (TPSA) is 12.0 Å². The fourth-order valence-electron chi connectivity index (χ4n) is 1.74. The van der Waals surface area contributed by atoms with Crippen molar-refractivity contribution >= 4 is 0 Å². The van der Waals surface area contributed by atoms with Crippen molar-refractivity contribution in [3.63, 3.8) is 0 Å². The monoisotopic (exact) mass is 241 g/mol. The minimum absolute atomic E-state index is 0.332. The maximum absolute atomic E-state index is 13.6. The van der Waals surface area contributed by atoms with Crippen molar-refractivity contribution in [2.24, 2.45) is 0 Å². The minimum Gasteiger partial charge on any atom is -0.314 e. The molecule has 1 rings (SSSR count). The third-order valence-electron chi connectivity index (χ3n) is 2.94. The summed E-state index contributed by atoms with van der Waals surface area (Å²) in [6, 6.07) is 3.65. The van der Waals surface area contributed by atoms with E-state index in [0.29, 0.717) is 23.6 Å². The van der Waals surface area contributed by atoms with Gasteiger partial charge in [0.1, 0.15) is 0 Å². The zero-order valence-electron chi connectivity index (χ0n) is 10.8. The van der Waals surface area contributed by atoms with Gasteiger partial charge in [-0.1, -0.05) is 19.1 Å². The van der Waals surface area contributed by atoms with Crippen molar-refractivity contribution in [3.8, 4) is 0 Å². The highest BCUT2D eigenvalue weighted by molar-refractivity contribution is 5.25. The molecule has 0 aliphatic rings. The average Bonchev–Trinajstić information content (AvgIpc) is 2.32. The van der Waals surface area contributed by atoms with Crippen LogP contribution in [0.2, 0.25) is 0 Å². The van der Waals surface area contributed by atoms with Crippen LogP contribution in [0, 0.1) is 18.6 Å². The summed E-state index contributed by atoms with van der Waals surface area (Å²) in [4.78, 5) is 0. The third kappa shape index (κ3) is 4.08. The molecule has 0 aromatic heterocycles. The molecule has 1 N–H and O–H groups in total. The molecule has 3 heteroatoms. The van der Waals surface area contributed by atoms with Crippen LogP contribution in [0.1, 0.15) is 37.8 Å². The Hall–Kier alpha value is -0.960. The van der Waals surface area contributed by atoms with Gasteiger partial charge in [-0.25, -0.2) is 8.78 Å². The molecule has 1 aromatic carbocycles. The van der Waals surface area contributed by atoms with Crippen LogP contribution in [0.15, 0.2) is 12.1 Å². The van der Waals surface area contributed by atoms with E-state index in [9.17, 15) is 8.78 Å². The van der Waals surface area contributed by atoms with E-state index in [4.69, 9.17) is 0 Å². The van der Waals surface area contributed by atoms with E-state index in [1.165, 1.54) is 0 Å². The highest BCUT2D eigenvalue weighted by Gasteiger charge is 2.11. The molecule has 1 aromatic rings. The first-order chi connectivity index (χ1) is 8.06. The van der Waals surface area contributed by atoms with Gasteiger partial charge in [-0.15, -0.1) is 0 Å². The molecular weight excluding hydrogens is 220 g/mol. The Morgan fingerprint density at radius 3 is 2.59 bits per heavy atom. The van der Waals surface area contributed by atoms with Gasteiger partial charge in [-0.3, -0.25) is 0 Å². The molecule has 0 fully saturated rings. The van der Waals surface area contributed by atoms with E-state index in [1.54, 1.807) is 19.1 Å². The minimum atomic E-state index is -0.711. The molecule has 0 saturated heterocycles. The van der Waals surface area contributed by atoms with E-state index in [0.717, 1.165) is 19.4 Å². The van der Waals surface area contributed by atoms with Gasteiger partial charge in [-0.2, -0.15) is 0 Å². The summed E-state index contributed by atoms with van der Waals surface area (Å²) >= 11 is 0. The Bertz CT molecular complexity index is 363. The van der Waals surface area contributed by atoms with Gasteiger partial charge in [0.15, 0.2) is 11.6 Å². The molecular formula is C14H21F2N. The first kappa shape index (κ1) is 14.1. The lowest BCUT2D eigenvalue weighted by Crippen LogP contribution is -2.27. The van der Waals surface area contributed by atoms with E-state index in [2.05, 4.69) is 19.2 Å². The maximum atomic E-state index is 13.6. The number of hydrogen-bond donors (Lipinski definition) is 1. The van der Waals surface area contributed by atoms with Crippen molar-refractivity contribution in [3.05, 3.63) is 34.9 Å². The Morgan fingerprint density at radius 1 is 1.24 bits per heavy atom. The van der Waals surface area contributed by atoms with Crippen LogP contribution in [-0.2, 0) is 6.42 Å². The summed E-state index contributed by atoms with van der Waals surface area (Å²) in [6.45, 7) is 6.71. The standard InChI is InChI=1S/C14H21F2N/c1-4-9-17-11(3)6-8-12-7-5-10(2)13(15)14(12)16/h5,7,11,17H,4,6,8-9H2,1-3H3. The number of nitrogens with one attached hydrogen (secondary N) is 1. The molecule has 0 radical (unpaired) electrons. The molecule has 0 heterocycles. The molecule has 96 valence electrons. The van der Waals surface area contributed by atoms with Crippen molar-refractivity contribution < 1.29 is 8.78 Å². The Balaban J connectivity index is 2.55. The highest BCUT2D eigenvalue weighted by atomic mass is 19.2. The van der Waals surface area contributed by atoms with Gasteiger partial charge >= 0.3 is 0 Å². The number of benzene rings is 1. The van der Waals surface area contributed by atoms with Crippen molar-refractivity contribution in [1.29, 1.82) is 0 Å². The summed E-state index contributed by atoms with van der Waals surface area (Å²) in [5.74, 6) is -1.40. The quantitative estimate of drug-likeness (QED) is 0.802. The van der Waals surface area contributed by atoms with Crippen LogP contribution in [0.4, 0.5) is 8.78 Å². The second-order valence-electron chi connectivity index (χ2n) is 4.56. The van der Waals surface area contributed by atoms with Gasteiger partial charge in [0.05, 0.1) is 0 Å². The average molecular weight is 241 g/mol. The van der Waals surface area contributed by atoms with Crippen molar-refractivity contribution in [2.45, 2.75) is 46.1 Å². The summed E-state index contributed by atoms with van der Waals surface area (Å²) in [7, 11) is 0. The van der Waals surface area contributed by atoms with Crippen LogP contribution < -0.4 is 5.32 Å². The lowest BCUT2D eigenvalue weighted by Gasteiger charge is -2.13. The second-order valence-corrected chi connectivity index (χ2v) is 4.56. The number of aryl methyl sites for hydroxylation is 2. The molecule has 0 aliphatic carbocycles. The smallest absolute Gasteiger partial charge is 0.162 e. The first-order valence-electron chi connectivity index (χ1n) is 6.23. The summed E-state index contributed by atoms with van der Waals surface area (Å²) in [5, 5.41) is 3.33. The van der Waals surface area contributed by atoms with Crippen molar-refractivity contribution in [1.82, 2.24) is 5.32 Å². The van der Waals surface area contributed by atoms with Gasteiger partial charge in [-0.05, 0) is 50.8 Å². The number of hydrogen-bond acceptors (Lipinski definition) is 1. The molecule has 0 spiro atoms. The predicted octanol–water partition coefficient (Wildman–Crippen LogP) is 3.59. The molecule has 1 atom stereocenters. The van der Waals surface area contributed by atoms with Gasteiger partial charge < -0.3 is 5.32 Å². The van der Waals surface area contributed by atoms with Crippen molar-refractivity contribution in [2.75, 3.05) is 6.54 Å². The zero-order chi connectivity index (χ0) is 12.8. The van der Waals surface area contributed by atoms with E-state index >= 15 is 0 Å². The summed E-state index contributed by atoms with van der Waals surface area (Å²) in [5.41, 5.74) is 0.835. The maximum Gasteiger partial charge on any atom is 0.162 e. The Kier molecular flexibility index (Phi) is 5.56. The van der Waals surface area contributed by atoms with E-state index in [-0.39, 0.29) is 0 Å². The number of halogens is 2. The molecule has 1 nitrogen and oxygen atoms in total. The van der Waals surface area contributed by atoms with E-state index in [1.807, 2.05) is 0 Å². The predicted molar refractivity (Wildman–Crippen MR) is 67.2 cm³/mol. The first-order valence-corrected chi connectivity index (χ1v) is 6.23. The Morgan fingerprint density at radius 2 is 1.94 bits per heavy atom. The summed E-state index contributed by atoms with van der Waals surface area (Å²) in [6.07, 6.45) is 2.47. The van der Waals surface area contributed by atoms with Crippen LogP contribution in [0.5, 0.6) is 0 Å². The van der Waals surface area contributed by atoms with Crippen LogP contribution in [0.3, 0.4) is 0 Å². The fourth-order valence-corrected chi connectivity index (χ4v) is 1.74. The Labute approximate surface area is 102 Å². The zero-order valence-corrected chi connectivity index (χ0v) is 10.8. The highest BCUT2D eigenvalue weighted by Crippen LogP contribution is 2.17. The summed E-state index contributed by atoms with van der Waals surface area (Å²) < 4.78 is 26.9. The van der Waals surface area contributed by atoms with Gasteiger partial charge in [0.25, 0.3) is 0 Å². The SMILES string of the molecule is CCCNC(C)CCc1ccc(C)c(F)c1F. The molecule has 17 heavy (non-hydrogen) atoms.